The number of aromatic nitrogens is 4. The van der Waals surface area contributed by atoms with E-state index >= 15 is 4.79 Å². The van der Waals surface area contributed by atoms with Crippen molar-refractivity contribution in [2.24, 2.45) is 5.92 Å². The number of hydrogen-bond acceptors (Lipinski definition) is 10. The Labute approximate surface area is 299 Å². The Kier molecular flexibility index (Phi) is 7.99. The number of carbonyl (C=O) groups excluding carboxylic acids is 2. The molecule has 13 nitrogen and oxygen atoms in total. The number of hydrogen-bond donors (Lipinski definition) is 3. The van der Waals surface area contributed by atoms with Gasteiger partial charge in [0.05, 0.1) is 28.4 Å². The third kappa shape index (κ3) is 5.53. The van der Waals surface area contributed by atoms with Crippen molar-refractivity contribution in [3.63, 3.8) is 0 Å². The Morgan fingerprint density at radius 2 is 1.94 bits per heavy atom. The molecule has 14 heteroatoms. The largest absolute Gasteiger partial charge is 0.438 e. The van der Waals surface area contributed by atoms with Gasteiger partial charge >= 0.3 is 5.76 Å². The van der Waals surface area contributed by atoms with E-state index in [9.17, 15) is 14.0 Å². The van der Waals surface area contributed by atoms with Crippen LogP contribution in [-0.4, -0.2) is 55.4 Å². The summed E-state index contributed by atoms with van der Waals surface area (Å²) >= 11 is 0. The Morgan fingerprint density at radius 1 is 1.17 bits per heavy atom. The minimum Gasteiger partial charge on any atom is -0.376 e. The van der Waals surface area contributed by atoms with Gasteiger partial charge in [-0.15, -0.1) is 0 Å². The van der Waals surface area contributed by atoms with Crippen molar-refractivity contribution < 1.29 is 23.2 Å². The number of nitrogens with one attached hydrogen (secondary N) is 3. The van der Waals surface area contributed by atoms with E-state index in [1.165, 1.54) is 0 Å². The molecule has 1 saturated heterocycles. The number of nitrogens with zero attached hydrogens (tertiary/aromatic N) is 5. The van der Waals surface area contributed by atoms with Crippen molar-refractivity contribution in [3.05, 3.63) is 110 Å². The van der Waals surface area contributed by atoms with Crippen LogP contribution in [0.25, 0.3) is 5.69 Å². The highest BCUT2D eigenvalue weighted by Gasteiger charge is 2.53. The molecule has 2 fully saturated rings. The first-order chi connectivity index (χ1) is 24.9. The average molecular weight is 709 g/mol. The molecule has 5 aliphatic rings. The molecule has 0 unspecified atom stereocenters. The molecule has 1 amide bonds. The summed E-state index contributed by atoms with van der Waals surface area (Å²) in [6.45, 7) is 10.5. The van der Waals surface area contributed by atoms with E-state index in [0.29, 0.717) is 66.6 Å². The van der Waals surface area contributed by atoms with Crippen molar-refractivity contribution >= 4 is 17.7 Å². The maximum Gasteiger partial charge on any atom is 0.438 e. The molecule has 0 radical (unpaired) electrons. The van der Waals surface area contributed by atoms with Gasteiger partial charge in [-0.1, -0.05) is 17.3 Å². The van der Waals surface area contributed by atoms with E-state index in [2.05, 4.69) is 34.6 Å². The van der Waals surface area contributed by atoms with Crippen LogP contribution in [0.5, 0.6) is 0 Å². The van der Waals surface area contributed by atoms with E-state index in [4.69, 9.17) is 14.4 Å². The minimum absolute atomic E-state index is 0.124. The van der Waals surface area contributed by atoms with Gasteiger partial charge in [-0.2, -0.15) is 5.10 Å². The second-order valence-electron chi connectivity index (χ2n) is 14.9. The highest BCUT2D eigenvalue weighted by atomic mass is 19.1. The summed E-state index contributed by atoms with van der Waals surface area (Å²) in [4.78, 5) is 45.6. The van der Waals surface area contributed by atoms with Crippen LogP contribution in [-0.2, 0) is 26.2 Å². The van der Waals surface area contributed by atoms with Gasteiger partial charge in [0, 0.05) is 49.2 Å². The standard InChI is InChI=1S/C38H41FN8O5/c1-21-17-25(18-22(2)31(21)39)47-33(46-15-13-40-29(46)20-48)30-23(3)45(14-9-28(30)43-47)34(49)32-26(38(11-12-38)35-42-36(50)52-44-35)7-6-8-27(41-32)24-10-16-51-37(4,5)19-24/h6-8,13,15,17-18,23-24,40-41H,9-12,14,16,19H2,1-5H3,(H,42,44,50)/t23-,24-/m0/s1. The number of allylic oxidation sites excluding steroid dienone is 5. The Balaban J connectivity index is 1.23. The smallest absolute Gasteiger partial charge is 0.376 e. The predicted molar refractivity (Wildman–Crippen MR) is 189 cm³/mol. The van der Waals surface area contributed by atoms with Crippen molar-refractivity contribution in [1.82, 2.24) is 35.5 Å². The Bertz CT molecular complexity index is 2200. The number of anilines is 1. The summed E-state index contributed by atoms with van der Waals surface area (Å²) in [5.74, 6) is 2.05. The molecule has 2 aromatic heterocycles. The lowest BCUT2D eigenvalue weighted by Crippen LogP contribution is -2.44. The minimum atomic E-state index is -0.701. The second-order valence-corrected chi connectivity index (χ2v) is 14.9. The zero-order valence-electron chi connectivity index (χ0n) is 29.8. The van der Waals surface area contributed by atoms with Gasteiger partial charge in [0.15, 0.2) is 11.8 Å². The fourth-order valence-corrected chi connectivity index (χ4v) is 8.20. The number of benzene rings is 1. The third-order valence-electron chi connectivity index (χ3n) is 11.0. The molecular formula is C38H41FN8O5. The monoisotopic (exact) mass is 708 g/mol. The zero-order valence-corrected chi connectivity index (χ0v) is 29.8. The van der Waals surface area contributed by atoms with Crippen LogP contribution in [0.15, 0.2) is 74.9 Å². The number of aryl methyl sites for hydroxylation is 2. The number of aromatic amines is 1. The first-order valence-corrected chi connectivity index (χ1v) is 17.7. The molecule has 1 saturated carbocycles. The normalized spacial score (nSPS) is 23.1. The lowest BCUT2D eigenvalue weighted by molar-refractivity contribution is -0.130. The van der Waals surface area contributed by atoms with Crippen LogP contribution in [0.3, 0.4) is 0 Å². The highest BCUT2D eigenvalue weighted by Crippen LogP contribution is 2.54. The number of fused-ring (bicyclic) bond motifs is 1. The van der Waals surface area contributed by atoms with E-state index < -0.39 is 17.2 Å². The second kappa shape index (κ2) is 12.3. The number of rotatable bonds is 6. The number of halogens is 1. The van der Waals surface area contributed by atoms with Gasteiger partial charge in [-0.3, -0.25) is 19.2 Å². The Hall–Kier alpha value is -5.46. The zero-order chi connectivity index (χ0) is 36.5. The highest BCUT2D eigenvalue weighted by molar-refractivity contribution is 5.96. The van der Waals surface area contributed by atoms with Gasteiger partial charge < -0.3 is 20.3 Å². The van der Waals surface area contributed by atoms with Crippen molar-refractivity contribution in [2.45, 2.75) is 83.8 Å². The Morgan fingerprint density at radius 3 is 2.62 bits per heavy atom. The fraction of sp³-hybridized carbons (Fsp3) is 0.421. The topological polar surface area (TPSA) is 151 Å². The molecule has 2 atom stereocenters. The van der Waals surface area contributed by atoms with Gasteiger partial charge in [0.2, 0.25) is 5.82 Å². The van der Waals surface area contributed by atoms with Crippen LogP contribution in [0, 0.1) is 25.6 Å². The molecule has 1 aromatic carbocycles. The third-order valence-corrected chi connectivity index (χ3v) is 11.0. The number of H-pyrrole nitrogens is 1. The van der Waals surface area contributed by atoms with Crippen LogP contribution in [0.2, 0.25) is 0 Å². The van der Waals surface area contributed by atoms with Crippen molar-refractivity contribution in [3.8, 4) is 5.69 Å². The van der Waals surface area contributed by atoms with E-state index in [1.54, 1.807) is 48.0 Å². The molecule has 3 aromatic rings. The summed E-state index contributed by atoms with van der Waals surface area (Å²) in [5, 5.41) is 15.6. The van der Waals surface area contributed by atoms with Gasteiger partial charge in [0.1, 0.15) is 17.3 Å². The molecular weight excluding hydrogens is 667 g/mol. The first kappa shape index (κ1) is 33.7. The molecule has 6 heterocycles. The average Bonchev–Trinajstić information content (AvgIpc) is 3.41. The van der Waals surface area contributed by atoms with Crippen LogP contribution in [0.1, 0.15) is 80.7 Å². The van der Waals surface area contributed by atoms with Gasteiger partial charge in [-0.05, 0) is 95.2 Å². The lowest BCUT2D eigenvalue weighted by Gasteiger charge is -2.38. The maximum absolute atomic E-state index is 15.2. The quantitative estimate of drug-likeness (QED) is 0.312. The molecule has 52 heavy (non-hydrogen) atoms. The van der Waals surface area contributed by atoms with E-state index in [0.717, 1.165) is 35.4 Å². The SMILES string of the molecule is Cc1cc(-n2nc3c(c2N2C=CNC2=C=O)[C@H](C)N(C(=O)C2=C(C4(c5noc(=O)[nH]5)CC4)C=CC=C([C@H]4CCOC(C)(C)C4)N2)CC3)cc(C)c1F. The maximum atomic E-state index is 15.2. The predicted octanol–water partition coefficient (Wildman–Crippen LogP) is 4.54. The lowest BCUT2D eigenvalue weighted by atomic mass is 9.85. The first-order valence-electron chi connectivity index (χ1n) is 17.7. The van der Waals surface area contributed by atoms with Crippen LogP contribution in [0.4, 0.5) is 10.2 Å². The van der Waals surface area contributed by atoms with Gasteiger partial charge in [-0.25, -0.2) is 18.7 Å². The number of amides is 1. The molecule has 270 valence electrons. The van der Waals surface area contributed by atoms with Crippen LogP contribution < -0.4 is 21.3 Å². The fourth-order valence-electron chi connectivity index (χ4n) is 8.20. The van der Waals surface area contributed by atoms with Crippen molar-refractivity contribution in [1.29, 1.82) is 0 Å². The summed E-state index contributed by atoms with van der Waals surface area (Å²) < 4.78 is 27.5. The van der Waals surface area contributed by atoms with E-state index in [-0.39, 0.29) is 29.1 Å². The van der Waals surface area contributed by atoms with Gasteiger partial charge in [0.25, 0.3) is 5.91 Å². The molecule has 1 aliphatic carbocycles. The molecule has 8 rings (SSSR count). The number of ether oxygens (including phenoxy) is 1. The molecule has 4 aliphatic heterocycles. The van der Waals surface area contributed by atoms with Crippen molar-refractivity contribution in [2.75, 3.05) is 18.1 Å². The molecule has 3 N–H and O–H groups in total. The summed E-state index contributed by atoms with van der Waals surface area (Å²) in [5.41, 5.74) is 4.12. The summed E-state index contributed by atoms with van der Waals surface area (Å²) in [7, 11) is 0. The van der Waals surface area contributed by atoms with E-state index in [1.807, 2.05) is 36.0 Å². The van der Waals surface area contributed by atoms with Crippen LogP contribution >= 0.6 is 0 Å². The number of carbonyl (C=O) groups is 1. The molecule has 0 bridgehead atoms. The summed E-state index contributed by atoms with van der Waals surface area (Å²) in [6, 6.07) is 2.95. The summed E-state index contributed by atoms with van der Waals surface area (Å²) in [6.07, 6.45) is 12.6. The molecule has 0 spiro atoms.